The van der Waals surface area contributed by atoms with Crippen LogP contribution in [0.4, 0.5) is 0 Å². The lowest BCUT2D eigenvalue weighted by atomic mass is 10.2. The summed E-state index contributed by atoms with van der Waals surface area (Å²) in [6, 6.07) is 0. The minimum Gasteiger partial charge on any atom is -0.371 e. The first-order valence-corrected chi connectivity index (χ1v) is 3.67. The molecule has 0 spiro atoms. The second-order valence-electron chi connectivity index (χ2n) is 2.14. The maximum Gasteiger partial charge on any atom is 0.324 e. The first kappa shape index (κ1) is 9.43. The quantitative estimate of drug-likeness (QED) is 0.467. The van der Waals surface area contributed by atoms with Crippen molar-refractivity contribution in [3.05, 3.63) is 0 Å². The number of rotatable bonds is 5. The first-order chi connectivity index (χ1) is 4.81. The molecule has 0 unspecified atom stereocenters. The summed E-state index contributed by atoms with van der Waals surface area (Å²) in [5.41, 5.74) is 2.34. The zero-order valence-corrected chi connectivity index (χ0v) is 6.64. The van der Waals surface area contributed by atoms with E-state index in [2.05, 4.69) is 17.2 Å². The summed E-state index contributed by atoms with van der Waals surface area (Å²) >= 11 is 0. The lowest BCUT2D eigenvalue weighted by molar-refractivity contribution is -0.150. The van der Waals surface area contributed by atoms with Crippen LogP contribution in [0.25, 0.3) is 0 Å². The number of hydrogen-bond donors (Lipinski definition) is 1. The summed E-state index contributed by atoms with van der Waals surface area (Å²) < 4.78 is 0. The number of hydroxylamine groups is 1. The molecule has 0 atom stereocenters. The van der Waals surface area contributed by atoms with Gasteiger partial charge in [0.15, 0.2) is 0 Å². The van der Waals surface area contributed by atoms with Gasteiger partial charge in [0.1, 0.15) is 0 Å². The first-order valence-electron chi connectivity index (χ1n) is 3.67. The van der Waals surface area contributed by atoms with Gasteiger partial charge in [0, 0.05) is 13.5 Å². The third-order valence-corrected chi connectivity index (χ3v) is 1.20. The van der Waals surface area contributed by atoms with Gasteiger partial charge in [-0.2, -0.15) is 5.48 Å². The van der Waals surface area contributed by atoms with Crippen molar-refractivity contribution in [2.45, 2.75) is 32.6 Å². The van der Waals surface area contributed by atoms with E-state index in [-0.39, 0.29) is 5.97 Å². The second-order valence-corrected chi connectivity index (χ2v) is 2.14. The standard InChI is InChI=1S/C7H15NO2/c1-3-4-5-6-7(9)10-8-2/h8H,3-6H2,1-2H3. The van der Waals surface area contributed by atoms with Crippen LogP contribution in [-0.2, 0) is 9.63 Å². The lowest BCUT2D eigenvalue weighted by Crippen LogP contribution is -2.14. The van der Waals surface area contributed by atoms with E-state index in [1.165, 1.54) is 0 Å². The van der Waals surface area contributed by atoms with Gasteiger partial charge in [-0.05, 0) is 6.42 Å². The molecule has 1 N–H and O–H groups in total. The monoisotopic (exact) mass is 145 g/mol. The number of carbonyl (C=O) groups excluding carboxylic acids is 1. The van der Waals surface area contributed by atoms with Crippen LogP contribution in [0, 0.1) is 0 Å². The van der Waals surface area contributed by atoms with Crippen molar-refractivity contribution in [1.82, 2.24) is 5.48 Å². The van der Waals surface area contributed by atoms with E-state index in [1.807, 2.05) is 0 Å². The molecule has 60 valence electrons. The SMILES string of the molecule is CCCCCC(=O)ONC. The van der Waals surface area contributed by atoms with Crippen molar-refractivity contribution in [1.29, 1.82) is 0 Å². The van der Waals surface area contributed by atoms with Crippen LogP contribution in [0.2, 0.25) is 0 Å². The van der Waals surface area contributed by atoms with Crippen LogP contribution in [0.1, 0.15) is 32.6 Å². The van der Waals surface area contributed by atoms with E-state index in [1.54, 1.807) is 7.05 Å². The average Bonchev–Trinajstić information content (AvgIpc) is 1.89. The fourth-order valence-electron chi connectivity index (χ4n) is 0.684. The Kier molecular flexibility index (Phi) is 6.18. The Balaban J connectivity index is 3.05. The van der Waals surface area contributed by atoms with Gasteiger partial charge in [0.2, 0.25) is 0 Å². The number of hydrogen-bond acceptors (Lipinski definition) is 3. The van der Waals surface area contributed by atoms with Crippen molar-refractivity contribution in [2.24, 2.45) is 0 Å². The molecule has 0 saturated heterocycles. The fourth-order valence-corrected chi connectivity index (χ4v) is 0.684. The minimum atomic E-state index is -0.170. The third kappa shape index (κ3) is 5.56. The summed E-state index contributed by atoms with van der Waals surface area (Å²) in [5, 5.41) is 0. The molecule has 0 aromatic heterocycles. The molecule has 0 fully saturated rings. The molecule has 0 aliphatic carbocycles. The van der Waals surface area contributed by atoms with Crippen molar-refractivity contribution >= 4 is 5.97 Å². The Hall–Kier alpha value is -0.570. The van der Waals surface area contributed by atoms with Crippen LogP contribution in [-0.4, -0.2) is 13.0 Å². The lowest BCUT2D eigenvalue weighted by Gasteiger charge is -1.99. The van der Waals surface area contributed by atoms with E-state index in [0.29, 0.717) is 6.42 Å². The van der Waals surface area contributed by atoms with E-state index < -0.39 is 0 Å². The van der Waals surface area contributed by atoms with Gasteiger partial charge in [-0.3, -0.25) is 4.79 Å². The van der Waals surface area contributed by atoms with Crippen molar-refractivity contribution in [3.8, 4) is 0 Å². The highest BCUT2D eigenvalue weighted by Crippen LogP contribution is 1.98. The maximum absolute atomic E-state index is 10.6. The van der Waals surface area contributed by atoms with Gasteiger partial charge >= 0.3 is 5.97 Å². The zero-order valence-electron chi connectivity index (χ0n) is 6.64. The highest BCUT2D eigenvalue weighted by Gasteiger charge is 1.99. The molecule has 0 rings (SSSR count). The molecule has 0 aliphatic rings. The minimum absolute atomic E-state index is 0.170. The topological polar surface area (TPSA) is 38.3 Å². The van der Waals surface area contributed by atoms with Crippen molar-refractivity contribution in [2.75, 3.05) is 7.05 Å². The predicted molar refractivity (Wildman–Crippen MR) is 39.3 cm³/mol. The largest absolute Gasteiger partial charge is 0.371 e. The molecule has 3 nitrogen and oxygen atoms in total. The van der Waals surface area contributed by atoms with Crippen LogP contribution >= 0.6 is 0 Å². The molecule has 10 heavy (non-hydrogen) atoms. The van der Waals surface area contributed by atoms with E-state index in [9.17, 15) is 4.79 Å². The Labute approximate surface area is 61.7 Å². The molecule has 0 radical (unpaired) electrons. The highest BCUT2D eigenvalue weighted by molar-refractivity contribution is 5.68. The summed E-state index contributed by atoms with van der Waals surface area (Å²) in [5.74, 6) is -0.170. The highest BCUT2D eigenvalue weighted by atomic mass is 16.7. The normalized spacial score (nSPS) is 9.40. The Morgan fingerprint density at radius 1 is 1.50 bits per heavy atom. The van der Waals surface area contributed by atoms with Crippen LogP contribution in [0.3, 0.4) is 0 Å². The molecule has 3 heteroatoms. The Bertz CT molecular complexity index is 93.6. The summed E-state index contributed by atoms with van der Waals surface area (Å²) in [6.45, 7) is 2.10. The average molecular weight is 145 g/mol. The van der Waals surface area contributed by atoms with Crippen LogP contribution in [0.15, 0.2) is 0 Å². The van der Waals surface area contributed by atoms with E-state index >= 15 is 0 Å². The Morgan fingerprint density at radius 3 is 2.70 bits per heavy atom. The molecule has 0 aromatic carbocycles. The number of nitrogens with one attached hydrogen (secondary N) is 1. The van der Waals surface area contributed by atoms with Gasteiger partial charge < -0.3 is 4.84 Å². The van der Waals surface area contributed by atoms with Gasteiger partial charge in [-0.1, -0.05) is 19.8 Å². The van der Waals surface area contributed by atoms with E-state index in [4.69, 9.17) is 0 Å². The molecule has 0 bridgehead atoms. The fraction of sp³-hybridized carbons (Fsp3) is 0.857. The van der Waals surface area contributed by atoms with Gasteiger partial charge in [0.05, 0.1) is 0 Å². The Morgan fingerprint density at radius 2 is 2.20 bits per heavy atom. The molecule has 0 amide bonds. The maximum atomic E-state index is 10.6. The van der Waals surface area contributed by atoms with Gasteiger partial charge in [-0.25, -0.2) is 0 Å². The number of carbonyl (C=O) groups is 1. The predicted octanol–water partition coefficient (Wildman–Crippen LogP) is 1.24. The van der Waals surface area contributed by atoms with Gasteiger partial charge in [0.25, 0.3) is 0 Å². The second kappa shape index (κ2) is 6.55. The molecular formula is C7H15NO2. The zero-order chi connectivity index (χ0) is 7.82. The van der Waals surface area contributed by atoms with Crippen molar-refractivity contribution < 1.29 is 9.63 Å². The van der Waals surface area contributed by atoms with Gasteiger partial charge in [-0.15, -0.1) is 0 Å². The third-order valence-electron chi connectivity index (χ3n) is 1.20. The number of unbranched alkanes of at least 4 members (excludes halogenated alkanes) is 2. The summed E-state index contributed by atoms with van der Waals surface area (Å²) in [7, 11) is 1.58. The summed E-state index contributed by atoms with van der Waals surface area (Å²) in [4.78, 5) is 15.1. The molecule has 0 aromatic rings. The molecular weight excluding hydrogens is 130 g/mol. The van der Waals surface area contributed by atoms with E-state index in [0.717, 1.165) is 19.3 Å². The van der Waals surface area contributed by atoms with Crippen LogP contribution in [0.5, 0.6) is 0 Å². The molecule has 0 heterocycles. The molecule has 0 saturated carbocycles. The van der Waals surface area contributed by atoms with Crippen LogP contribution < -0.4 is 5.48 Å². The smallest absolute Gasteiger partial charge is 0.324 e. The summed E-state index contributed by atoms with van der Waals surface area (Å²) in [6.07, 6.45) is 3.68. The van der Waals surface area contributed by atoms with Crippen molar-refractivity contribution in [3.63, 3.8) is 0 Å². The molecule has 0 aliphatic heterocycles.